The Balaban J connectivity index is 1.67. The monoisotopic (exact) mass is 419 g/mol. The summed E-state index contributed by atoms with van der Waals surface area (Å²) in [6.45, 7) is 0. The van der Waals surface area contributed by atoms with Gasteiger partial charge < -0.3 is 4.74 Å². The summed E-state index contributed by atoms with van der Waals surface area (Å²) in [7, 11) is 0. The minimum atomic E-state index is -0.930. The first-order valence-electron chi connectivity index (χ1n) is 8.99. The number of hydrogen-bond donors (Lipinski definition) is 0. The molecule has 3 heterocycles. The van der Waals surface area contributed by atoms with E-state index in [-0.39, 0.29) is 34.2 Å². The zero-order valence-corrected chi connectivity index (χ0v) is 16.1. The van der Waals surface area contributed by atoms with Crippen molar-refractivity contribution in [2.24, 2.45) is 5.92 Å². The van der Waals surface area contributed by atoms with Crippen LogP contribution in [0.25, 0.3) is 0 Å². The van der Waals surface area contributed by atoms with Crippen LogP contribution in [0.1, 0.15) is 30.9 Å². The van der Waals surface area contributed by atoms with Crippen LogP contribution in [0.3, 0.4) is 0 Å². The lowest BCUT2D eigenvalue weighted by Crippen LogP contribution is -2.41. The lowest BCUT2D eigenvalue weighted by atomic mass is 9.77. The highest BCUT2D eigenvalue weighted by Crippen LogP contribution is 2.49. The van der Waals surface area contributed by atoms with Crippen molar-refractivity contribution in [2.75, 3.05) is 4.90 Å². The Morgan fingerprint density at radius 1 is 1.25 bits per heavy atom. The number of amides is 1. The van der Waals surface area contributed by atoms with Crippen LogP contribution in [0, 0.1) is 11.7 Å². The number of hydrogen-bond acceptors (Lipinski definition) is 6. The first-order chi connectivity index (χ1) is 13.6. The van der Waals surface area contributed by atoms with Crippen molar-refractivity contribution < 1.29 is 18.7 Å². The number of fused-ring (bicyclic) bond motifs is 1. The van der Waals surface area contributed by atoms with Gasteiger partial charge in [0.05, 0.1) is 11.5 Å². The summed E-state index contributed by atoms with van der Waals surface area (Å²) in [5, 5.41) is 7.95. The number of anilines is 1. The van der Waals surface area contributed by atoms with Gasteiger partial charge in [0.15, 0.2) is 11.5 Å². The fourth-order valence-electron chi connectivity index (χ4n) is 4.28. The maximum Gasteiger partial charge on any atom is 0.296 e. The number of carbonyl (C=O) groups excluding carboxylic acids is 2. The average molecular weight is 420 g/mol. The molecule has 4 atom stereocenters. The van der Waals surface area contributed by atoms with Crippen molar-refractivity contribution in [1.29, 1.82) is 0 Å². The molecule has 0 N–H and O–H groups in total. The number of alkyl halides is 1. The molecule has 2 aliphatic heterocycles. The standard InChI is InChI=1S/C19H15ClFN3O3S/c20-9-5-6-13-11(7-9)16(25)14-15(10-3-1-2-4-12(10)21)24(18(26)17(14)27-13)19-23-22-8-28-19/h1-4,8-9,11,13,15H,5-7H2. The van der Waals surface area contributed by atoms with Crippen molar-refractivity contribution >= 4 is 39.8 Å². The van der Waals surface area contributed by atoms with Crippen molar-refractivity contribution in [3.63, 3.8) is 0 Å². The Kier molecular flexibility index (Phi) is 4.21. The maximum atomic E-state index is 14.7. The second-order valence-corrected chi connectivity index (χ2v) is 8.53. The zero-order valence-electron chi connectivity index (χ0n) is 14.5. The molecule has 5 rings (SSSR count). The zero-order chi connectivity index (χ0) is 19.4. The number of ketones is 1. The molecule has 1 aromatic heterocycles. The van der Waals surface area contributed by atoms with Gasteiger partial charge in [-0.3, -0.25) is 14.5 Å². The van der Waals surface area contributed by atoms with Gasteiger partial charge in [-0.2, -0.15) is 0 Å². The first kappa shape index (κ1) is 17.8. The van der Waals surface area contributed by atoms with E-state index in [0.717, 1.165) is 17.8 Å². The number of halogens is 2. The summed E-state index contributed by atoms with van der Waals surface area (Å²) in [5.74, 6) is -1.60. The van der Waals surface area contributed by atoms with E-state index >= 15 is 0 Å². The molecular weight excluding hydrogens is 405 g/mol. The SMILES string of the molecule is O=C1C2=C(OC3CCC(Cl)CC13)C(=O)N(c1nncs1)C2c1ccccc1F. The number of benzene rings is 1. The van der Waals surface area contributed by atoms with Crippen LogP contribution in [0.4, 0.5) is 9.52 Å². The normalized spacial score (nSPS) is 29.6. The highest BCUT2D eigenvalue weighted by atomic mass is 35.5. The van der Waals surface area contributed by atoms with Crippen molar-refractivity contribution in [2.45, 2.75) is 36.8 Å². The van der Waals surface area contributed by atoms with Crippen LogP contribution in [0.5, 0.6) is 0 Å². The van der Waals surface area contributed by atoms with E-state index in [0.29, 0.717) is 18.0 Å². The molecule has 144 valence electrons. The minimum absolute atomic E-state index is 0.00252. The fraction of sp³-hybridized carbons (Fsp3) is 0.368. The van der Waals surface area contributed by atoms with Gasteiger partial charge in [0.25, 0.3) is 5.91 Å². The molecule has 4 unspecified atom stereocenters. The summed E-state index contributed by atoms with van der Waals surface area (Å²) in [5.41, 5.74) is 1.90. The van der Waals surface area contributed by atoms with Gasteiger partial charge in [0.2, 0.25) is 5.13 Å². The van der Waals surface area contributed by atoms with Gasteiger partial charge in [-0.1, -0.05) is 29.5 Å². The summed E-state index contributed by atoms with van der Waals surface area (Å²) in [6.07, 6.45) is 1.45. The molecule has 3 aliphatic rings. The minimum Gasteiger partial charge on any atom is -0.483 e. The van der Waals surface area contributed by atoms with Crippen LogP contribution in [-0.4, -0.2) is 33.4 Å². The van der Waals surface area contributed by atoms with Crippen molar-refractivity contribution in [3.05, 3.63) is 52.5 Å². The molecule has 1 aliphatic carbocycles. The number of carbonyl (C=O) groups is 2. The van der Waals surface area contributed by atoms with Gasteiger partial charge in [-0.15, -0.1) is 21.8 Å². The summed E-state index contributed by atoms with van der Waals surface area (Å²) >= 11 is 7.43. The van der Waals surface area contributed by atoms with Crippen LogP contribution in [-0.2, 0) is 14.3 Å². The van der Waals surface area contributed by atoms with E-state index in [2.05, 4.69) is 10.2 Å². The van der Waals surface area contributed by atoms with Crippen molar-refractivity contribution in [3.8, 4) is 0 Å². The van der Waals surface area contributed by atoms with Crippen molar-refractivity contribution in [1.82, 2.24) is 10.2 Å². The van der Waals surface area contributed by atoms with Gasteiger partial charge in [0.1, 0.15) is 23.5 Å². The Morgan fingerprint density at radius 2 is 2.07 bits per heavy atom. The number of aromatic nitrogens is 2. The number of Topliss-reactive ketones (excluding diaryl/α,β-unsaturated/α-hetero) is 1. The molecule has 0 bridgehead atoms. The summed E-state index contributed by atoms with van der Waals surface area (Å²) < 4.78 is 20.7. The van der Waals surface area contributed by atoms with Gasteiger partial charge >= 0.3 is 0 Å². The van der Waals surface area contributed by atoms with E-state index in [1.165, 1.54) is 16.5 Å². The third kappa shape index (κ3) is 2.58. The van der Waals surface area contributed by atoms with Gasteiger partial charge in [-0.05, 0) is 25.3 Å². The first-order valence-corrected chi connectivity index (χ1v) is 10.3. The van der Waals surface area contributed by atoms with Crippen LogP contribution >= 0.6 is 22.9 Å². The average Bonchev–Trinajstić information content (AvgIpc) is 3.30. The molecule has 9 heteroatoms. The molecule has 6 nitrogen and oxygen atoms in total. The smallest absolute Gasteiger partial charge is 0.296 e. The highest BCUT2D eigenvalue weighted by Gasteiger charge is 2.54. The molecule has 0 saturated heterocycles. The Morgan fingerprint density at radius 3 is 2.82 bits per heavy atom. The third-order valence-electron chi connectivity index (χ3n) is 5.54. The van der Waals surface area contributed by atoms with E-state index in [4.69, 9.17) is 16.3 Å². The highest BCUT2D eigenvalue weighted by molar-refractivity contribution is 7.13. The number of nitrogens with zero attached hydrogens (tertiary/aromatic N) is 3. The molecule has 1 amide bonds. The van der Waals surface area contributed by atoms with Gasteiger partial charge in [-0.25, -0.2) is 4.39 Å². The number of rotatable bonds is 2. The molecule has 2 aromatic rings. The lowest BCUT2D eigenvalue weighted by Gasteiger charge is -2.37. The van der Waals surface area contributed by atoms with E-state index in [1.807, 2.05) is 0 Å². The molecule has 1 saturated carbocycles. The Hall–Kier alpha value is -2.32. The molecule has 0 spiro atoms. The largest absolute Gasteiger partial charge is 0.483 e. The predicted molar refractivity (Wildman–Crippen MR) is 100 cm³/mol. The van der Waals surface area contributed by atoms with Crippen LogP contribution in [0.2, 0.25) is 0 Å². The molecule has 1 aromatic carbocycles. The molecule has 0 radical (unpaired) electrons. The molecule has 1 fully saturated rings. The van der Waals surface area contributed by atoms with Crippen LogP contribution in [0.15, 0.2) is 41.1 Å². The van der Waals surface area contributed by atoms with E-state index in [1.54, 1.807) is 18.2 Å². The second kappa shape index (κ2) is 6.63. The number of ether oxygens (including phenoxy) is 1. The fourth-order valence-corrected chi connectivity index (χ4v) is 5.18. The topological polar surface area (TPSA) is 72.4 Å². The Bertz CT molecular complexity index is 996. The maximum absolute atomic E-state index is 14.7. The lowest BCUT2D eigenvalue weighted by molar-refractivity contribution is -0.131. The molecule has 28 heavy (non-hydrogen) atoms. The predicted octanol–water partition coefficient (Wildman–Crippen LogP) is 3.39. The van der Waals surface area contributed by atoms with Crippen LogP contribution < -0.4 is 4.90 Å². The second-order valence-electron chi connectivity index (χ2n) is 7.10. The molecular formula is C19H15ClFN3O3S. The quantitative estimate of drug-likeness (QED) is 0.697. The third-order valence-corrected chi connectivity index (χ3v) is 6.62. The van der Waals surface area contributed by atoms with Gasteiger partial charge in [0, 0.05) is 10.9 Å². The summed E-state index contributed by atoms with van der Waals surface area (Å²) in [6, 6.07) is 5.19. The summed E-state index contributed by atoms with van der Waals surface area (Å²) in [4.78, 5) is 27.9. The van der Waals surface area contributed by atoms with E-state index in [9.17, 15) is 14.0 Å². The Labute approximate surface area is 169 Å². The van der Waals surface area contributed by atoms with E-state index < -0.39 is 23.7 Å².